The molecule has 19 N–H and O–H groups in total. The molecular formula is C71H97N15O27S2. The zero-order chi connectivity index (χ0) is 85.3. The first-order chi connectivity index (χ1) is 54.3. The molecule has 4 heterocycles. The summed E-state index contributed by atoms with van der Waals surface area (Å²) < 4.78 is 9.78. The van der Waals surface area contributed by atoms with Crippen LogP contribution in [-0.2, 0) is 113 Å². The van der Waals surface area contributed by atoms with E-state index in [2.05, 4.69) is 62.7 Å². The van der Waals surface area contributed by atoms with Crippen molar-refractivity contribution < 1.29 is 131 Å². The number of aliphatic hydroxyl groups is 1. The standard InChI is InChI=1S/C55H78N12O18S2.C16H19N3O9/c1-26(2)17-33(56)55(85)67-16-6-7-41(67)53(83)64-39-24-86-87-25-40(52(82)60-35(18-27(3)4)48(78)59-34(46(57)76)21-43(72)73)65-54(84)45(28(5)68)66-42(71)23-58-47(77)36(19-29-8-12-31(69)13-9-29)61-49(79)37(20-30-10-14-32(70)15-11-30)62-50(80)38(22-44(74)75)63-51(39)81;20-11(5-7-18-12(21)1-2-13(18)22)17-6-8-26-9-10-27-16(25)28-19-14(23)3-4-15(19)24/h8-15,26-28,33-41,45,68-70H,6-7,16-25,56H2,1-5H3,(H2,57,76)(H,58,77)(H,59,78)(H,60,82)(H,61,79)(H,62,80)(H,63,81)(H,64,83)(H,65,84)(H,66,71)(H,72,73)(H,74,75);1-2H,3-10H2,(H,17,20). The van der Waals surface area contributed by atoms with Crippen LogP contribution in [0.15, 0.2) is 60.7 Å². The molecular weight excluding hydrogens is 1560 g/mol. The number of imide groups is 2. The van der Waals surface area contributed by atoms with Gasteiger partial charge in [0.25, 0.3) is 23.6 Å². The number of ether oxygens (including phenoxy) is 2. The van der Waals surface area contributed by atoms with E-state index in [9.17, 15) is 117 Å². The topological polar surface area (TPSA) is 635 Å². The van der Waals surface area contributed by atoms with Gasteiger partial charge in [-0.15, -0.1) is 0 Å². The molecule has 0 aliphatic carbocycles. The minimum Gasteiger partial charge on any atom is -0.508 e. The zero-order valence-electron chi connectivity index (χ0n) is 63.5. The Hall–Kier alpha value is -11.5. The molecule has 11 atom stereocenters. The lowest BCUT2D eigenvalue weighted by atomic mass is 10.0. The minimum absolute atomic E-state index is 0.00463. The summed E-state index contributed by atoms with van der Waals surface area (Å²) in [5.41, 5.74) is 12.3. The maximum absolute atomic E-state index is 14.6. The highest BCUT2D eigenvalue weighted by Crippen LogP contribution is 2.26. The number of rotatable bonds is 31. The number of likely N-dealkylation sites (tertiary alicyclic amines) is 1. The maximum atomic E-state index is 14.6. The molecule has 2 aromatic rings. The van der Waals surface area contributed by atoms with Crippen molar-refractivity contribution in [3.63, 3.8) is 0 Å². The summed E-state index contributed by atoms with van der Waals surface area (Å²) in [6.07, 6.45) is -2.73. The lowest BCUT2D eigenvalue weighted by Crippen LogP contribution is -2.61. The molecule has 3 saturated heterocycles. The van der Waals surface area contributed by atoms with Gasteiger partial charge in [-0.25, -0.2) is 4.79 Å². The first-order valence-corrected chi connectivity index (χ1v) is 38.8. The van der Waals surface area contributed by atoms with Crippen molar-refractivity contribution in [3.8, 4) is 11.5 Å². The van der Waals surface area contributed by atoms with Gasteiger partial charge in [0.05, 0.1) is 44.7 Å². The van der Waals surface area contributed by atoms with Gasteiger partial charge >= 0.3 is 18.1 Å². The summed E-state index contributed by atoms with van der Waals surface area (Å²) >= 11 is 0. The quantitative estimate of drug-likeness (QED) is 0.0146. The summed E-state index contributed by atoms with van der Waals surface area (Å²) in [5, 5.41) is 74.9. The highest BCUT2D eigenvalue weighted by atomic mass is 33.1. The lowest BCUT2D eigenvalue weighted by molar-refractivity contribution is -0.177. The Bertz CT molecular complexity index is 3870. The van der Waals surface area contributed by atoms with E-state index in [1.54, 1.807) is 13.8 Å². The number of primary amides is 1. The number of hydrogen-bond acceptors (Lipinski definition) is 28. The maximum Gasteiger partial charge on any atom is 0.534 e. The largest absolute Gasteiger partial charge is 0.534 e. The van der Waals surface area contributed by atoms with Crippen LogP contribution in [-0.4, -0.2) is 277 Å². The van der Waals surface area contributed by atoms with E-state index in [1.807, 2.05) is 13.8 Å². The van der Waals surface area contributed by atoms with Gasteiger partial charge in [0.1, 0.15) is 72.5 Å². The van der Waals surface area contributed by atoms with Gasteiger partial charge in [-0.3, -0.25) is 96.0 Å². The van der Waals surface area contributed by atoms with Crippen molar-refractivity contribution >= 4 is 134 Å². The van der Waals surface area contributed by atoms with Crippen LogP contribution in [0.1, 0.15) is 104 Å². The van der Waals surface area contributed by atoms with Crippen LogP contribution >= 0.6 is 21.6 Å². The second-order valence-electron chi connectivity index (χ2n) is 27.5. The van der Waals surface area contributed by atoms with Crippen molar-refractivity contribution in [1.29, 1.82) is 0 Å². The number of carboxylic acid groups (broad SMARTS) is 2. The second kappa shape index (κ2) is 46.6. The fraction of sp³-hybridized carbons (Fsp3) is 0.535. The Morgan fingerprint density at radius 1 is 0.643 bits per heavy atom. The lowest BCUT2D eigenvalue weighted by Gasteiger charge is -2.29. The number of aliphatic hydroxyl groups excluding tert-OH is 1. The van der Waals surface area contributed by atoms with E-state index >= 15 is 0 Å². The first kappa shape index (κ1) is 94.1. The summed E-state index contributed by atoms with van der Waals surface area (Å²) in [6, 6.07) is -5.15. The number of hydroxylamine groups is 2. The molecule has 0 aromatic heterocycles. The molecule has 0 bridgehead atoms. The van der Waals surface area contributed by atoms with Crippen LogP contribution in [0.2, 0.25) is 0 Å². The minimum atomic E-state index is -2.00. The predicted molar refractivity (Wildman–Crippen MR) is 402 cm³/mol. The van der Waals surface area contributed by atoms with Crippen LogP contribution in [0.25, 0.3) is 0 Å². The number of amides is 16. The van der Waals surface area contributed by atoms with Crippen molar-refractivity contribution in [1.82, 2.24) is 68.0 Å². The number of phenols is 2. The second-order valence-corrected chi connectivity index (χ2v) is 30.1. The van der Waals surface area contributed by atoms with Crippen molar-refractivity contribution in [2.45, 2.75) is 172 Å². The highest BCUT2D eigenvalue weighted by molar-refractivity contribution is 8.76. The Morgan fingerprint density at radius 2 is 1.21 bits per heavy atom. The third-order valence-electron chi connectivity index (χ3n) is 17.3. The van der Waals surface area contributed by atoms with E-state index < -0.39 is 204 Å². The fourth-order valence-corrected chi connectivity index (χ4v) is 13.8. The van der Waals surface area contributed by atoms with Crippen LogP contribution in [0.3, 0.4) is 0 Å². The van der Waals surface area contributed by atoms with Crippen LogP contribution in [0.5, 0.6) is 11.5 Å². The van der Waals surface area contributed by atoms with Gasteiger partial charge in [0.2, 0.25) is 70.9 Å². The number of benzene rings is 2. The van der Waals surface area contributed by atoms with Crippen LogP contribution < -0.4 is 64.6 Å². The average Bonchev–Trinajstić information content (AvgIpc) is 1.77. The molecule has 2 aromatic carbocycles. The normalized spacial score (nSPS) is 21.2. The Kier molecular flexibility index (Phi) is 38.1. The molecule has 3 fully saturated rings. The number of carbonyl (C=O) groups excluding carboxylic acids is 17. The van der Waals surface area contributed by atoms with Gasteiger partial charge in [-0.2, -0.15) is 0 Å². The molecule has 4 aliphatic rings. The number of nitrogens with zero attached hydrogens (tertiary/aromatic N) is 3. The van der Waals surface area contributed by atoms with E-state index in [0.29, 0.717) is 22.6 Å². The van der Waals surface area contributed by atoms with E-state index in [1.165, 1.54) is 53.4 Å². The highest BCUT2D eigenvalue weighted by Gasteiger charge is 2.41. The van der Waals surface area contributed by atoms with Crippen LogP contribution in [0, 0.1) is 11.8 Å². The Balaban J connectivity index is 0.000000704. The zero-order valence-corrected chi connectivity index (χ0v) is 65.1. The average molecular weight is 1660 g/mol. The molecule has 42 nitrogen and oxygen atoms in total. The van der Waals surface area contributed by atoms with Crippen molar-refractivity contribution in [3.05, 3.63) is 71.8 Å². The summed E-state index contributed by atoms with van der Waals surface area (Å²) in [6.45, 7) is 7.53. The van der Waals surface area contributed by atoms with Crippen molar-refractivity contribution in [2.75, 3.05) is 57.5 Å². The van der Waals surface area contributed by atoms with E-state index in [-0.39, 0.29) is 120 Å². The van der Waals surface area contributed by atoms with Gasteiger partial charge in [-0.05, 0) is 79.8 Å². The molecule has 6 rings (SSSR count). The molecule has 11 unspecified atom stereocenters. The molecule has 0 radical (unpaired) electrons. The van der Waals surface area contributed by atoms with Gasteiger partial charge in [0.15, 0.2) is 0 Å². The molecule has 0 saturated carbocycles. The molecule has 115 heavy (non-hydrogen) atoms. The third-order valence-corrected chi connectivity index (χ3v) is 19.7. The summed E-state index contributed by atoms with van der Waals surface area (Å²) in [5.74, 6) is -18.6. The molecule has 16 amide bonds. The summed E-state index contributed by atoms with van der Waals surface area (Å²) in [7, 11) is 1.58. The Labute approximate surface area is 666 Å². The molecule has 0 spiro atoms. The number of aliphatic carboxylic acids is 2. The van der Waals surface area contributed by atoms with Gasteiger partial charge < -0.3 is 105 Å². The molecule has 630 valence electrons. The summed E-state index contributed by atoms with van der Waals surface area (Å²) in [4.78, 5) is 252. The van der Waals surface area contributed by atoms with Crippen molar-refractivity contribution in [2.24, 2.45) is 23.3 Å². The van der Waals surface area contributed by atoms with E-state index in [4.69, 9.17) is 16.2 Å². The number of carboxylic acids is 2. The molecule has 4 aliphatic heterocycles. The number of nitrogens with one attached hydrogen (secondary N) is 10. The Morgan fingerprint density at radius 3 is 1.77 bits per heavy atom. The SMILES string of the molecule is CC(C)CC(N)C(=O)N1CCCC1C(=O)NC1CSSCC(C(=O)NC(CC(C)C)C(=O)NC(CC(=O)O)C(N)=O)NC(=O)C(C(C)O)NC(=O)CNC(=O)C(Cc2ccc(O)cc2)NC(=O)C(Cc2ccc(O)cc2)NC(=O)C(CC(=O)O)NC1=O.O=C(CCN1C(=O)C=CC1=O)NCCOCCOC(=O)ON1C(=O)CCC1=O. The third kappa shape index (κ3) is 32.1. The number of hydrogen-bond donors (Lipinski definition) is 17. The number of aromatic hydroxyl groups is 2. The van der Waals surface area contributed by atoms with Gasteiger partial charge in [0, 0.05) is 75.4 Å². The van der Waals surface area contributed by atoms with E-state index in [0.717, 1.165) is 45.6 Å². The smallest absolute Gasteiger partial charge is 0.508 e. The molecule has 44 heteroatoms. The number of nitrogens with two attached hydrogens (primary N) is 2. The van der Waals surface area contributed by atoms with Gasteiger partial charge in [-0.1, -0.05) is 78.6 Å². The van der Waals surface area contributed by atoms with Crippen LogP contribution in [0.4, 0.5) is 4.79 Å². The number of carbonyl (C=O) groups is 19. The monoisotopic (exact) mass is 1660 g/mol. The fourth-order valence-electron chi connectivity index (χ4n) is 11.4. The predicted octanol–water partition coefficient (Wildman–Crippen LogP) is -4.85. The number of phenolic OH excluding ortho intramolecular Hbond substituents is 2. The first-order valence-electron chi connectivity index (χ1n) is 36.4.